The molecule has 3 nitrogen and oxygen atoms in total. The highest BCUT2D eigenvalue weighted by Gasteiger charge is 2.28. The normalized spacial score (nSPS) is 17.8. The van der Waals surface area contributed by atoms with Gasteiger partial charge in [-0.1, -0.05) is 12.1 Å². The number of piperidine rings is 1. The minimum absolute atomic E-state index is 0.0577. The number of rotatable bonds is 2. The zero-order valence-electron chi connectivity index (χ0n) is 13.4. The molecular formula is C19H16BrFN2OS. The smallest absolute Gasteiger partial charge is 0.255 e. The largest absolute Gasteiger partial charge is 0.338 e. The number of fused-ring (bicyclic) bond motifs is 1. The molecule has 1 atom stereocenters. The van der Waals surface area contributed by atoms with E-state index >= 15 is 0 Å². The SMILES string of the molecule is O=C(c1ccc(F)cc1Br)N1CCCC(c2nc3ccccc3s2)C1. The zero-order chi connectivity index (χ0) is 17.4. The van der Waals surface area contributed by atoms with Crippen LogP contribution in [0.3, 0.4) is 0 Å². The fraction of sp³-hybridized carbons (Fsp3) is 0.263. The molecule has 0 N–H and O–H groups in total. The minimum atomic E-state index is -0.352. The highest BCUT2D eigenvalue weighted by Crippen LogP contribution is 2.33. The Hall–Kier alpha value is -1.79. The summed E-state index contributed by atoms with van der Waals surface area (Å²) in [5.41, 5.74) is 1.53. The number of hydrogen-bond donors (Lipinski definition) is 0. The lowest BCUT2D eigenvalue weighted by Gasteiger charge is -2.32. The second-order valence-electron chi connectivity index (χ2n) is 6.23. The first-order valence-electron chi connectivity index (χ1n) is 8.21. The van der Waals surface area contributed by atoms with Crippen molar-refractivity contribution in [3.8, 4) is 0 Å². The van der Waals surface area contributed by atoms with Gasteiger partial charge in [0.25, 0.3) is 5.91 Å². The molecule has 2 heterocycles. The van der Waals surface area contributed by atoms with Gasteiger partial charge in [-0.3, -0.25) is 4.79 Å². The Kier molecular flexibility index (Phi) is 4.56. The number of nitrogens with zero attached hydrogens (tertiary/aromatic N) is 2. The topological polar surface area (TPSA) is 33.2 Å². The van der Waals surface area contributed by atoms with Gasteiger partial charge < -0.3 is 4.90 Å². The van der Waals surface area contributed by atoms with E-state index in [9.17, 15) is 9.18 Å². The summed E-state index contributed by atoms with van der Waals surface area (Å²) < 4.78 is 15.0. The summed E-state index contributed by atoms with van der Waals surface area (Å²) in [7, 11) is 0. The Labute approximate surface area is 157 Å². The van der Waals surface area contributed by atoms with Crippen LogP contribution < -0.4 is 0 Å². The average Bonchev–Trinajstić information content (AvgIpc) is 3.05. The van der Waals surface area contributed by atoms with Crippen LogP contribution in [0.4, 0.5) is 4.39 Å². The number of halogens is 2. The van der Waals surface area contributed by atoms with E-state index in [1.165, 1.54) is 16.8 Å². The second-order valence-corrected chi connectivity index (χ2v) is 8.15. The molecule has 0 saturated carbocycles. The quantitative estimate of drug-likeness (QED) is 0.571. The number of para-hydroxylation sites is 1. The van der Waals surface area contributed by atoms with E-state index in [1.54, 1.807) is 17.4 Å². The van der Waals surface area contributed by atoms with Crippen LogP contribution in [-0.2, 0) is 0 Å². The van der Waals surface area contributed by atoms with Gasteiger partial charge in [-0.15, -0.1) is 11.3 Å². The maximum atomic E-state index is 13.3. The first-order chi connectivity index (χ1) is 12.1. The Morgan fingerprint density at radius 2 is 2.12 bits per heavy atom. The Morgan fingerprint density at radius 3 is 2.92 bits per heavy atom. The zero-order valence-corrected chi connectivity index (χ0v) is 15.8. The molecule has 3 aromatic rings. The van der Waals surface area contributed by atoms with Crippen LogP contribution in [0.25, 0.3) is 10.2 Å². The first kappa shape index (κ1) is 16.7. The summed E-state index contributed by atoms with van der Waals surface area (Å²) in [4.78, 5) is 19.5. The van der Waals surface area contributed by atoms with Crippen molar-refractivity contribution < 1.29 is 9.18 Å². The number of benzene rings is 2. The van der Waals surface area contributed by atoms with Crippen molar-refractivity contribution in [3.05, 3.63) is 63.3 Å². The summed E-state index contributed by atoms with van der Waals surface area (Å²) in [6, 6.07) is 12.3. The molecular weight excluding hydrogens is 403 g/mol. The van der Waals surface area contributed by atoms with E-state index in [1.807, 2.05) is 23.1 Å². The lowest BCUT2D eigenvalue weighted by molar-refractivity contribution is 0.0706. The maximum absolute atomic E-state index is 13.3. The monoisotopic (exact) mass is 418 g/mol. The Balaban J connectivity index is 1.57. The van der Waals surface area contributed by atoms with Crippen LogP contribution in [-0.4, -0.2) is 28.9 Å². The van der Waals surface area contributed by atoms with E-state index in [0.29, 0.717) is 16.6 Å². The second kappa shape index (κ2) is 6.84. The molecule has 0 radical (unpaired) electrons. The molecule has 0 bridgehead atoms. The number of carbonyl (C=O) groups excluding carboxylic acids is 1. The fourth-order valence-electron chi connectivity index (χ4n) is 3.26. The lowest BCUT2D eigenvalue weighted by atomic mass is 9.98. The minimum Gasteiger partial charge on any atom is -0.338 e. The van der Waals surface area contributed by atoms with Crippen LogP contribution in [0, 0.1) is 5.82 Å². The van der Waals surface area contributed by atoms with Crippen molar-refractivity contribution in [1.82, 2.24) is 9.88 Å². The molecule has 128 valence electrons. The summed E-state index contributed by atoms with van der Waals surface area (Å²) in [5.74, 6) is -0.151. The standard InChI is InChI=1S/C19H16BrFN2OS/c20-15-10-13(21)7-8-14(15)19(24)23-9-3-4-12(11-23)18-22-16-5-1-2-6-17(16)25-18/h1-2,5-8,10,12H,3-4,9,11H2. The van der Waals surface area contributed by atoms with Gasteiger partial charge in [0.2, 0.25) is 0 Å². The maximum Gasteiger partial charge on any atom is 0.255 e. The molecule has 2 aromatic carbocycles. The van der Waals surface area contributed by atoms with Gasteiger partial charge in [0.1, 0.15) is 5.82 Å². The van der Waals surface area contributed by atoms with Gasteiger partial charge in [-0.2, -0.15) is 0 Å². The number of thiazole rings is 1. The van der Waals surface area contributed by atoms with Gasteiger partial charge >= 0.3 is 0 Å². The molecule has 0 spiro atoms. The van der Waals surface area contributed by atoms with Crippen molar-refractivity contribution in [3.63, 3.8) is 0 Å². The fourth-order valence-corrected chi connectivity index (χ4v) is 4.87. The van der Waals surface area contributed by atoms with Crippen molar-refractivity contribution >= 4 is 43.4 Å². The number of hydrogen-bond acceptors (Lipinski definition) is 3. The summed E-state index contributed by atoms with van der Waals surface area (Å²) in [6.07, 6.45) is 1.99. The Morgan fingerprint density at radius 1 is 1.28 bits per heavy atom. The van der Waals surface area contributed by atoms with Gasteiger partial charge in [0.05, 0.1) is 20.8 Å². The van der Waals surface area contributed by atoms with E-state index in [2.05, 4.69) is 22.0 Å². The van der Waals surface area contributed by atoms with E-state index in [0.717, 1.165) is 29.9 Å². The lowest BCUT2D eigenvalue weighted by Crippen LogP contribution is -2.39. The molecule has 25 heavy (non-hydrogen) atoms. The molecule has 1 aliphatic rings. The van der Waals surface area contributed by atoms with E-state index in [4.69, 9.17) is 4.98 Å². The molecule has 6 heteroatoms. The van der Waals surface area contributed by atoms with Gasteiger partial charge in [-0.05, 0) is 59.1 Å². The summed E-state index contributed by atoms with van der Waals surface area (Å²) >= 11 is 5.01. The third-order valence-corrected chi connectivity index (χ3v) is 6.38. The van der Waals surface area contributed by atoms with E-state index in [-0.39, 0.29) is 17.6 Å². The van der Waals surface area contributed by atoms with Crippen molar-refractivity contribution in [1.29, 1.82) is 0 Å². The van der Waals surface area contributed by atoms with Crippen molar-refractivity contribution in [2.45, 2.75) is 18.8 Å². The molecule has 0 aliphatic carbocycles. The van der Waals surface area contributed by atoms with Crippen LogP contribution in [0.2, 0.25) is 0 Å². The van der Waals surface area contributed by atoms with E-state index < -0.39 is 0 Å². The third-order valence-electron chi connectivity index (χ3n) is 4.53. The predicted octanol–water partition coefficient (Wildman–Crippen LogP) is 5.22. The molecule has 1 amide bonds. The molecule has 1 unspecified atom stereocenters. The van der Waals surface area contributed by atoms with Crippen LogP contribution >= 0.6 is 27.3 Å². The molecule has 1 aliphatic heterocycles. The number of aromatic nitrogens is 1. The summed E-state index contributed by atoms with van der Waals surface area (Å²) in [6.45, 7) is 1.38. The van der Waals surface area contributed by atoms with Gasteiger partial charge in [0, 0.05) is 23.5 Å². The van der Waals surface area contributed by atoms with Gasteiger partial charge in [0.15, 0.2) is 0 Å². The molecule has 1 fully saturated rings. The molecule has 1 aromatic heterocycles. The number of amides is 1. The first-order valence-corrected chi connectivity index (χ1v) is 9.82. The van der Waals surface area contributed by atoms with Crippen LogP contribution in [0.1, 0.15) is 34.1 Å². The highest BCUT2D eigenvalue weighted by atomic mass is 79.9. The molecule has 4 rings (SSSR count). The molecule has 1 saturated heterocycles. The predicted molar refractivity (Wildman–Crippen MR) is 102 cm³/mol. The van der Waals surface area contributed by atoms with Crippen LogP contribution in [0.5, 0.6) is 0 Å². The Bertz CT molecular complexity index is 909. The number of carbonyl (C=O) groups is 1. The third kappa shape index (κ3) is 3.33. The van der Waals surface area contributed by atoms with Crippen molar-refractivity contribution in [2.24, 2.45) is 0 Å². The summed E-state index contributed by atoms with van der Waals surface area (Å²) in [5, 5.41) is 1.09. The highest BCUT2D eigenvalue weighted by molar-refractivity contribution is 9.10. The van der Waals surface area contributed by atoms with Gasteiger partial charge in [-0.25, -0.2) is 9.37 Å². The van der Waals surface area contributed by atoms with Crippen LogP contribution in [0.15, 0.2) is 46.9 Å². The van der Waals surface area contributed by atoms with Crippen molar-refractivity contribution in [2.75, 3.05) is 13.1 Å². The number of likely N-dealkylation sites (tertiary alicyclic amines) is 1. The average molecular weight is 419 g/mol.